The number of nitrogens with two attached hydrogens (primary N) is 1. The predicted octanol–water partition coefficient (Wildman–Crippen LogP) is 2.36. The van der Waals surface area contributed by atoms with E-state index in [0.29, 0.717) is 28.6 Å². The van der Waals surface area contributed by atoms with Gasteiger partial charge in [-0.25, -0.2) is 13.8 Å². The van der Waals surface area contributed by atoms with Gasteiger partial charge in [-0.15, -0.1) is 0 Å². The lowest BCUT2D eigenvalue weighted by Crippen LogP contribution is -2.68. The Bertz CT molecular complexity index is 686. The number of nitrogens with zero attached hydrogens (tertiary/aromatic N) is 2. The number of fused-ring (bicyclic) bond motifs is 1. The normalized spacial score (nSPS) is 23.1. The maximum atomic E-state index is 14.3. The largest absolute Gasteiger partial charge is 0.368 e. The van der Waals surface area contributed by atoms with Crippen LogP contribution in [-0.2, 0) is 15.3 Å². The number of ether oxygens (including phenoxy) is 1. The van der Waals surface area contributed by atoms with E-state index >= 15 is 0 Å². The quantitative estimate of drug-likeness (QED) is 0.726. The van der Waals surface area contributed by atoms with Crippen molar-refractivity contribution in [1.29, 1.82) is 0 Å². The molecule has 3 N–H and O–H groups in total. The molecule has 0 radical (unpaired) electrons. The van der Waals surface area contributed by atoms with Gasteiger partial charge in [0.2, 0.25) is 5.96 Å². The number of halogens is 3. The lowest BCUT2D eigenvalue weighted by molar-refractivity contribution is -0.319. The molecule has 10 heteroatoms. The Balaban J connectivity index is 1.56. The highest BCUT2D eigenvalue weighted by atomic mass is 35.5. The summed E-state index contributed by atoms with van der Waals surface area (Å²) < 4.78 is 33.6. The molecule has 2 aliphatic rings. The second-order valence-corrected chi connectivity index (χ2v) is 6.78. The molecule has 2 heterocycles. The SMILES string of the molecule is NC1=NC=C(F)C2(NCCSCc3c(F)cccc3Cl)OCCON12. The first-order chi connectivity index (χ1) is 12.0. The van der Waals surface area contributed by atoms with E-state index in [2.05, 4.69) is 10.3 Å². The number of thioether (sulfide) groups is 1. The predicted molar refractivity (Wildman–Crippen MR) is 92.9 cm³/mol. The third kappa shape index (κ3) is 3.75. The molecule has 0 spiro atoms. The minimum Gasteiger partial charge on any atom is -0.368 e. The maximum absolute atomic E-state index is 14.3. The van der Waals surface area contributed by atoms with Crippen molar-refractivity contribution in [1.82, 2.24) is 10.4 Å². The van der Waals surface area contributed by atoms with Gasteiger partial charge in [0.05, 0.1) is 19.4 Å². The van der Waals surface area contributed by atoms with Crippen molar-refractivity contribution in [2.45, 2.75) is 11.6 Å². The first kappa shape index (κ1) is 18.4. The van der Waals surface area contributed by atoms with Gasteiger partial charge < -0.3 is 10.5 Å². The van der Waals surface area contributed by atoms with Gasteiger partial charge in [0.25, 0.3) is 5.85 Å². The summed E-state index contributed by atoms with van der Waals surface area (Å²) in [5.41, 5.74) is 6.18. The van der Waals surface area contributed by atoms with Crippen molar-refractivity contribution >= 4 is 29.3 Å². The second kappa shape index (κ2) is 7.88. The van der Waals surface area contributed by atoms with Crippen molar-refractivity contribution in [2.75, 3.05) is 25.5 Å². The molecule has 1 aromatic carbocycles. The van der Waals surface area contributed by atoms with E-state index in [1.165, 1.54) is 17.8 Å². The highest BCUT2D eigenvalue weighted by Crippen LogP contribution is 2.31. The van der Waals surface area contributed by atoms with Gasteiger partial charge in [-0.1, -0.05) is 17.7 Å². The van der Waals surface area contributed by atoms with Gasteiger partial charge >= 0.3 is 0 Å². The van der Waals surface area contributed by atoms with E-state index < -0.39 is 11.7 Å². The first-order valence-electron chi connectivity index (χ1n) is 7.57. The van der Waals surface area contributed by atoms with Crippen LogP contribution in [-0.4, -0.2) is 42.4 Å². The standard InChI is InChI=1S/C15H17ClF2N4O2S/c16-11-2-1-3-12(17)10(11)9-25-7-4-21-15-13(18)8-20-14(19)22(15)24-6-5-23-15/h1-3,8,21H,4-7,9H2,(H2,19,20). The molecule has 0 saturated carbocycles. The second-order valence-electron chi connectivity index (χ2n) is 5.26. The third-order valence-electron chi connectivity index (χ3n) is 3.66. The van der Waals surface area contributed by atoms with Crippen LogP contribution in [0.3, 0.4) is 0 Å². The van der Waals surface area contributed by atoms with Gasteiger partial charge in [0.1, 0.15) is 5.82 Å². The molecular weight excluding hydrogens is 374 g/mol. The van der Waals surface area contributed by atoms with E-state index in [0.717, 1.165) is 11.3 Å². The van der Waals surface area contributed by atoms with E-state index in [-0.39, 0.29) is 25.0 Å². The van der Waals surface area contributed by atoms with Gasteiger partial charge in [-0.2, -0.15) is 16.8 Å². The van der Waals surface area contributed by atoms with Crippen LogP contribution in [0.25, 0.3) is 0 Å². The van der Waals surface area contributed by atoms with E-state index in [1.807, 2.05) is 0 Å². The number of aliphatic imine (C=N–C) groups is 1. The number of benzene rings is 1. The fraction of sp³-hybridized carbons (Fsp3) is 0.400. The Morgan fingerprint density at radius 1 is 1.40 bits per heavy atom. The van der Waals surface area contributed by atoms with Gasteiger partial charge in [0, 0.05) is 28.6 Å². The number of guanidine groups is 1. The Labute approximate surface area is 152 Å². The molecule has 0 aromatic heterocycles. The Morgan fingerprint density at radius 2 is 2.24 bits per heavy atom. The number of hydrogen-bond donors (Lipinski definition) is 2. The molecule has 1 unspecified atom stereocenters. The molecule has 0 bridgehead atoms. The summed E-state index contributed by atoms with van der Waals surface area (Å²) in [6.45, 7) is 0.814. The van der Waals surface area contributed by atoms with Crippen molar-refractivity contribution < 1.29 is 18.4 Å². The average molecular weight is 391 g/mol. The Hall–Kier alpha value is -1.39. The zero-order valence-electron chi connectivity index (χ0n) is 13.2. The number of hydroxylamine groups is 2. The lowest BCUT2D eigenvalue weighted by Gasteiger charge is -2.45. The molecule has 1 aromatic rings. The monoisotopic (exact) mass is 390 g/mol. The Kier molecular flexibility index (Phi) is 5.80. The van der Waals surface area contributed by atoms with Crippen LogP contribution in [0.15, 0.2) is 35.2 Å². The Morgan fingerprint density at radius 3 is 3.04 bits per heavy atom. The van der Waals surface area contributed by atoms with Crippen LogP contribution in [0.5, 0.6) is 0 Å². The minimum absolute atomic E-state index is 0.000563. The zero-order chi connectivity index (χ0) is 17.9. The van der Waals surface area contributed by atoms with E-state index in [4.69, 9.17) is 26.9 Å². The zero-order valence-corrected chi connectivity index (χ0v) is 14.7. The molecule has 3 rings (SSSR count). The molecule has 136 valence electrons. The smallest absolute Gasteiger partial charge is 0.280 e. The summed E-state index contributed by atoms with van der Waals surface area (Å²) in [5, 5.41) is 4.44. The van der Waals surface area contributed by atoms with Crippen LogP contribution in [0.4, 0.5) is 8.78 Å². The van der Waals surface area contributed by atoms with Crippen LogP contribution < -0.4 is 11.1 Å². The van der Waals surface area contributed by atoms with Crippen LogP contribution in [0, 0.1) is 5.82 Å². The summed E-state index contributed by atoms with van der Waals surface area (Å²) in [4.78, 5) is 9.08. The molecule has 1 fully saturated rings. The highest BCUT2D eigenvalue weighted by Gasteiger charge is 2.49. The van der Waals surface area contributed by atoms with Crippen LogP contribution >= 0.6 is 23.4 Å². The van der Waals surface area contributed by atoms with Crippen molar-refractivity contribution in [2.24, 2.45) is 10.7 Å². The fourth-order valence-electron chi connectivity index (χ4n) is 2.47. The number of hydrogen-bond acceptors (Lipinski definition) is 7. The molecule has 0 amide bonds. The topological polar surface area (TPSA) is 72.1 Å². The lowest BCUT2D eigenvalue weighted by atomic mass is 10.2. The average Bonchev–Trinajstić information content (AvgIpc) is 2.60. The number of rotatable bonds is 6. The van der Waals surface area contributed by atoms with Crippen LogP contribution in [0.2, 0.25) is 5.02 Å². The highest BCUT2D eigenvalue weighted by molar-refractivity contribution is 7.98. The summed E-state index contributed by atoms with van der Waals surface area (Å²) in [5.74, 6) is -1.63. The van der Waals surface area contributed by atoms with Gasteiger partial charge in [-0.3, -0.25) is 10.2 Å². The molecule has 25 heavy (non-hydrogen) atoms. The number of nitrogens with one attached hydrogen (secondary N) is 1. The van der Waals surface area contributed by atoms with Gasteiger partial charge in [0.15, 0.2) is 5.83 Å². The maximum Gasteiger partial charge on any atom is 0.280 e. The third-order valence-corrected chi connectivity index (χ3v) is 5.00. The molecular formula is C15H17ClF2N4O2S. The van der Waals surface area contributed by atoms with Gasteiger partial charge in [-0.05, 0) is 12.1 Å². The first-order valence-corrected chi connectivity index (χ1v) is 9.10. The van der Waals surface area contributed by atoms with Crippen molar-refractivity contribution in [3.63, 3.8) is 0 Å². The van der Waals surface area contributed by atoms with Crippen molar-refractivity contribution in [3.8, 4) is 0 Å². The fourth-order valence-corrected chi connectivity index (χ4v) is 3.67. The molecule has 0 aliphatic carbocycles. The van der Waals surface area contributed by atoms with Crippen LogP contribution in [0.1, 0.15) is 5.56 Å². The molecule has 2 aliphatic heterocycles. The van der Waals surface area contributed by atoms with E-state index in [9.17, 15) is 8.78 Å². The summed E-state index contributed by atoms with van der Waals surface area (Å²) in [6.07, 6.45) is 1.000. The summed E-state index contributed by atoms with van der Waals surface area (Å²) in [7, 11) is 0. The molecule has 6 nitrogen and oxygen atoms in total. The van der Waals surface area contributed by atoms with E-state index in [1.54, 1.807) is 12.1 Å². The molecule has 1 atom stereocenters. The summed E-state index contributed by atoms with van der Waals surface area (Å²) >= 11 is 7.45. The van der Waals surface area contributed by atoms with Crippen molar-refractivity contribution in [3.05, 3.63) is 46.6 Å². The molecule has 1 saturated heterocycles. The minimum atomic E-state index is -1.61. The summed E-state index contributed by atoms with van der Waals surface area (Å²) in [6, 6.07) is 4.58.